The van der Waals surface area contributed by atoms with Crippen molar-refractivity contribution < 1.29 is 4.74 Å². The maximum atomic E-state index is 5.48. The minimum atomic E-state index is 0.645. The average molecular weight is 256 g/mol. The van der Waals surface area contributed by atoms with Crippen LogP contribution in [-0.4, -0.2) is 50.8 Å². The van der Waals surface area contributed by atoms with Gasteiger partial charge in [0.05, 0.1) is 6.61 Å². The van der Waals surface area contributed by atoms with E-state index in [1.165, 1.54) is 19.3 Å². The lowest BCUT2D eigenvalue weighted by Gasteiger charge is -2.42. The van der Waals surface area contributed by atoms with Crippen LogP contribution >= 0.6 is 0 Å². The molecule has 1 N–H and O–H groups in total. The van der Waals surface area contributed by atoms with E-state index in [4.69, 9.17) is 4.74 Å². The summed E-state index contributed by atoms with van der Waals surface area (Å²) in [6, 6.07) is 1.31. The summed E-state index contributed by atoms with van der Waals surface area (Å²) in [7, 11) is 4.35. The Balaban J connectivity index is 2.50. The molecule has 108 valence electrons. The topological polar surface area (TPSA) is 24.5 Å². The molecule has 0 spiro atoms. The average Bonchev–Trinajstić information content (AvgIpc) is 2.38. The molecule has 0 amide bonds. The van der Waals surface area contributed by atoms with E-state index in [-0.39, 0.29) is 0 Å². The first-order chi connectivity index (χ1) is 8.60. The van der Waals surface area contributed by atoms with Gasteiger partial charge in [0, 0.05) is 25.2 Å². The van der Waals surface area contributed by atoms with E-state index >= 15 is 0 Å². The molecule has 1 fully saturated rings. The molecule has 3 atom stereocenters. The van der Waals surface area contributed by atoms with Gasteiger partial charge in [-0.3, -0.25) is 4.90 Å². The van der Waals surface area contributed by atoms with Gasteiger partial charge in [0.25, 0.3) is 0 Å². The number of nitrogens with zero attached hydrogens (tertiary/aromatic N) is 1. The van der Waals surface area contributed by atoms with Crippen LogP contribution in [-0.2, 0) is 4.74 Å². The number of hydrogen-bond donors (Lipinski definition) is 1. The third kappa shape index (κ3) is 4.52. The first kappa shape index (κ1) is 15.9. The van der Waals surface area contributed by atoms with E-state index in [1.54, 1.807) is 0 Å². The molecular weight excluding hydrogens is 224 g/mol. The van der Waals surface area contributed by atoms with Gasteiger partial charge < -0.3 is 10.1 Å². The van der Waals surface area contributed by atoms with Gasteiger partial charge in [0.2, 0.25) is 0 Å². The highest BCUT2D eigenvalue weighted by molar-refractivity contribution is 4.90. The van der Waals surface area contributed by atoms with Gasteiger partial charge in [0.1, 0.15) is 0 Å². The van der Waals surface area contributed by atoms with Crippen LogP contribution in [0.5, 0.6) is 0 Å². The van der Waals surface area contributed by atoms with Gasteiger partial charge in [-0.15, -0.1) is 0 Å². The number of likely N-dealkylation sites (N-methyl/N-ethyl adjacent to an activating group) is 2. The van der Waals surface area contributed by atoms with Gasteiger partial charge in [-0.05, 0) is 52.1 Å². The van der Waals surface area contributed by atoms with E-state index in [9.17, 15) is 0 Å². The normalized spacial score (nSPS) is 29.2. The molecule has 1 saturated carbocycles. The van der Waals surface area contributed by atoms with Crippen LogP contribution < -0.4 is 5.32 Å². The monoisotopic (exact) mass is 256 g/mol. The molecule has 0 aliphatic heterocycles. The van der Waals surface area contributed by atoms with Crippen molar-refractivity contribution in [1.82, 2.24) is 10.2 Å². The van der Waals surface area contributed by atoms with Crippen molar-refractivity contribution in [2.45, 2.75) is 52.1 Å². The SMILES string of the molecule is CCOCCN(C)C1CC(C(C)C)CCC1NC. The Morgan fingerprint density at radius 1 is 1.33 bits per heavy atom. The Morgan fingerprint density at radius 2 is 2.06 bits per heavy atom. The summed E-state index contributed by atoms with van der Waals surface area (Å²) in [4.78, 5) is 2.49. The molecule has 0 bridgehead atoms. The predicted molar refractivity (Wildman–Crippen MR) is 77.9 cm³/mol. The first-order valence-corrected chi connectivity index (χ1v) is 7.55. The second kappa shape index (κ2) is 8.13. The lowest BCUT2D eigenvalue weighted by molar-refractivity contribution is 0.0675. The summed E-state index contributed by atoms with van der Waals surface area (Å²) in [5, 5.41) is 3.50. The van der Waals surface area contributed by atoms with Crippen molar-refractivity contribution in [3.8, 4) is 0 Å². The van der Waals surface area contributed by atoms with Gasteiger partial charge >= 0.3 is 0 Å². The zero-order valence-electron chi connectivity index (χ0n) is 12.9. The van der Waals surface area contributed by atoms with Crippen molar-refractivity contribution >= 4 is 0 Å². The highest BCUT2D eigenvalue weighted by Gasteiger charge is 2.33. The Hall–Kier alpha value is -0.120. The minimum absolute atomic E-state index is 0.645. The van der Waals surface area contributed by atoms with Gasteiger partial charge in [-0.1, -0.05) is 13.8 Å². The summed E-state index contributed by atoms with van der Waals surface area (Å²) >= 11 is 0. The van der Waals surface area contributed by atoms with E-state index in [1.807, 2.05) is 0 Å². The molecule has 0 heterocycles. The standard InChI is InChI=1S/C15H32N2O/c1-6-18-10-9-17(5)15-11-13(12(2)3)7-8-14(15)16-4/h12-16H,6-11H2,1-5H3. The summed E-state index contributed by atoms with van der Waals surface area (Å²) in [6.45, 7) is 9.51. The molecule has 1 rings (SSSR count). The Bertz CT molecular complexity index is 221. The molecule has 3 heteroatoms. The van der Waals surface area contributed by atoms with Crippen molar-refractivity contribution in [2.24, 2.45) is 11.8 Å². The summed E-state index contributed by atoms with van der Waals surface area (Å²) in [5.74, 6) is 1.69. The zero-order valence-corrected chi connectivity index (χ0v) is 12.9. The molecule has 0 saturated heterocycles. The van der Waals surface area contributed by atoms with E-state index < -0.39 is 0 Å². The van der Waals surface area contributed by atoms with Crippen LogP contribution in [0.2, 0.25) is 0 Å². The molecule has 3 unspecified atom stereocenters. The number of hydrogen-bond acceptors (Lipinski definition) is 3. The molecular formula is C15H32N2O. The van der Waals surface area contributed by atoms with Crippen LogP contribution in [0.3, 0.4) is 0 Å². The lowest BCUT2D eigenvalue weighted by atomic mass is 9.76. The van der Waals surface area contributed by atoms with Gasteiger partial charge in [-0.2, -0.15) is 0 Å². The maximum absolute atomic E-state index is 5.48. The fraction of sp³-hybridized carbons (Fsp3) is 1.00. The molecule has 3 nitrogen and oxygen atoms in total. The maximum Gasteiger partial charge on any atom is 0.0593 e. The quantitative estimate of drug-likeness (QED) is 0.708. The minimum Gasteiger partial charge on any atom is -0.380 e. The first-order valence-electron chi connectivity index (χ1n) is 7.55. The number of ether oxygens (including phenoxy) is 1. The largest absolute Gasteiger partial charge is 0.380 e. The highest BCUT2D eigenvalue weighted by Crippen LogP contribution is 2.32. The van der Waals surface area contributed by atoms with E-state index in [0.717, 1.165) is 31.6 Å². The predicted octanol–water partition coefficient (Wildman–Crippen LogP) is 2.37. The fourth-order valence-electron chi connectivity index (χ4n) is 3.13. The molecule has 0 radical (unpaired) electrons. The van der Waals surface area contributed by atoms with Crippen LogP contribution in [0.1, 0.15) is 40.0 Å². The van der Waals surface area contributed by atoms with Crippen LogP contribution in [0, 0.1) is 11.8 Å². The molecule has 1 aliphatic rings. The molecule has 18 heavy (non-hydrogen) atoms. The second-order valence-electron chi connectivity index (χ2n) is 5.96. The van der Waals surface area contributed by atoms with Crippen molar-refractivity contribution in [1.29, 1.82) is 0 Å². The third-order valence-electron chi connectivity index (χ3n) is 4.53. The number of rotatable bonds is 7. The van der Waals surface area contributed by atoms with E-state index in [2.05, 4.69) is 45.1 Å². The van der Waals surface area contributed by atoms with E-state index in [0.29, 0.717) is 12.1 Å². The Morgan fingerprint density at radius 3 is 2.61 bits per heavy atom. The second-order valence-corrected chi connectivity index (χ2v) is 5.96. The van der Waals surface area contributed by atoms with Crippen molar-refractivity contribution in [3.63, 3.8) is 0 Å². The summed E-state index contributed by atoms with van der Waals surface area (Å²) in [6.07, 6.45) is 4.01. The molecule has 0 aromatic rings. The molecule has 1 aliphatic carbocycles. The third-order valence-corrected chi connectivity index (χ3v) is 4.53. The highest BCUT2D eigenvalue weighted by atomic mass is 16.5. The van der Waals surface area contributed by atoms with Crippen LogP contribution in [0.25, 0.3) is 0 Å². The smallest absolute Gasteiger partial charge is 0.0593 e. The summed E-state index contributed by atoms with van der Waals surface area (Å²) in [5.41, 5.74) is 0. The zero-order chi connectivity index (χ0) is 13.5. The van der Waals surface area contributed by atoms with Crippen LogP contribution in [0.15, 0.2) is 0 Å². The Labute approximate surface area is 113 Å². The van der Waals surface area contributed by atoms with Gasteiger partial charge in [0.15, 0.2) is 0 Å². The number of nitrogens with one attached hydrogen (secondary N) is 1. The van der Waals surface area contributed by atoms with Gasteiger partial charge in [-0.25, -0.2) is 0 Å². The fourth-order valence-corrected chi connectivity index (χ4v) is 3.13. The van der Waals surface area contributed by atoms with Crippen molar-refractivity contribution in [2.75, 3.05) is 33.9 Å². The summed E-state index contributed by atoms with van der Waals surface area (Å²) < 4.78 is 5.48. The molecule has 0 aromatic carbocycles. The lowest BCUT2D eigenvalue weighted by Crippen LogP contribution is -2.52. The van der Waals surface area contributed by atoms with Crippen LogP contribution in [0.4, 0.5) is 0 Å². The van der Waals surface area contributed by atoms with Crippen molar-refractivity contribution in [3.05, 3.63) is 0 Å². The molecule has 0 aromatic heterocycles. The Kier molecular flexibility index (Phi) is 7.20.